The van der Waals surface area contributed by atoms with E-state index in [9.17, 15) is 14.4 Å². The van der Waals surface area contributed by atoms with E-state index in [-0.39, 0.29) is 17.5 Å². The van der Waals surface area contributed by atoms with E-state index in [4.69, 9.17) is 16.3 Å². The second-order valence-corrected chi connectivity index (χ2v) is 11.0. The molecule has 1 amide bonds. The average Bonchev–Trinajstić information content (AvgIpc) is 3.49. The Hall–Kier alpha value is -4.68. The first-order chi connectivity index (χ1) is 19.9. The molecule has 3 heterocycles. The number of Topliss-reactive ketones (excluding diaryl/α,β-unsaturated/α-hetero) is 2. The molecule has 0 radical (unpaired) electrons. The molecule has 41 heavy (non-hydrogen) atoms. The van der Waals surface area contributed by atoms with E-state index in [0.717, 1.165) is 11.3 Å². The van der Waals surface area contributed by atoms with Crippen LogP contribution in [-0.4, -0.2) is 36.7 Å². The van der Waals surface area contributed by atoms with Crippen molar-refractivity contribution in [3.8, 4) is 5.75 Å². The number of anilines is 2. The van der Waals surface area contributed by atoms with Crippen LogP contribution in [0.25, 0.3) is 6.08 Å². The number of methoxy groups -OCH3 is 1. The Morgan fingerprint density at radius 2 is 1.59 bits per heavy atom. The molecular formula is C34H25ClN2O4. The van der Waals surface area contributed by atoms with Gasteiger partial charge in [-0.1, -0.05) is 72.3 Å². The van der Waals surface area contributed by atoms with Gasteiger partial charge in [0, 0.05) is 27.5 Å². The molecule has 4 aromatic carbocycles. The van der Waals surface area contributed by atoms with E-state index in [0.29, 0.717) is 33.1 Å². The molecule has 7 rings (SSSR count). The predicted octanol–water partition coefficient (Wildman–Crippen LogP) is 6.20. The van der Waals surface area contributed by atoms with Gasteiger partial charge in [-0.15, -0.1) is 0 Å². The standard InChI is InChI=1S/C34H25ClN2O4/c1-41-24-15-11-21(12-16-24)31(38)29-30(32(39)20-7-3-2-4-8-20)37-27-17-14-23(35)19-22(27)13-18-28(37)34(29)25-9-5-6-10-26(25)36-33(34)40/h2-19,28-30H,1H3,(H,36,40). The summed E-state index contributed by atoms with van der Waals surface area (Å²) in [7, 11) is 1.56. The summed E-state index contributed by atoms with van der Waals surface area (Å²) in [5, 5.41) is 3.60. The van der Waals surface area contributed by atoms with Gasteiger partial charge >= 0.3 is 0 Å². The third kappa shape index (κ3) is 3.60. The summed E-state index contributed by atoms with van der Waals surface area (Å²) in [6, 6.07) is 27.1. The molecule has 0 aliphatic carbocycles. The van der Waals surface area contributed by atoms with Gasteiger partial charge < -0.3 is 15.0 Å². The van der Waals surface area contributed by atoms with Gasteiger partial charge in [-0.3, -0.25) is 14.4 Å². The number of nitrogens with zero attached hydrogens (tertiary/aromatic N) is 1. The number of amides is 1. The zero-order valence-electron chi connectivity index (χ0n) is 22.1. The first kappa shape index (κ1) is 25.3. The molecule has 0 saturated carbocycles. The number of halogens is 1. The zero-order chi connectivity index (χ0) is 28.3. The molecule has 3 aliphatic heterocycles. The molecule has 0 aromatic heterocycles. The van der Waals surface area contributed by atoms with Crippen LogP contribution in [0.1, 0.15) is 31.8 Å². The van der Waals surface area contributed by atoms with Crippen LogP contribution in [0, 0.1) is 5.92 Å². The molecule has 4 unspecified atom stereocenters. The lowest BCUT2D eigenvalue weighted by molar-refractivity contribution is -0.121. The molecule has 1 fully saturated rings. The second kappa shape index (κ2) is 9.46. The monoisotopic (exact) mass is 560 g/mol. The fraction of sp³-hybridized carbons (Fsp3) is 0.147. The van der Waals surface area contributed by atoms with Gasteiger partial charge in [-0.2, -0.15) is 0 Å². The fourth-order valence-electron chi connectivity index (χ4n) is 6.86. The number of ketones is 2. The van der Waals surface area contributed by atoms with Crippen LogP contribution in [-0.2, 0) is 10.2 Å². The van der Waals surface area contributed by atoms with Crippen molar-refractivity contribution < 1.29 is 19.1 Å². The maximum Gasteiger partial charge on any atom is 0.238 e. The molecule has 4 atom stereocenters. The van der Waals surface area contributed by atoms with Crippen molar-refractivity contribution in [2.24, 2.45) is 5.92 Å². The van der Waals surface area contributed by atoms with Crippen LogP contribution in [0.2, 0.25) is 5.02 Å². The van der Waals surface area contributed by atoms with Crippen molar-refractivity contribution >= 4 is 46.5 Å². The number of carbonyl (C=O) groups excluding carboxylic acids is 3. The topological polar surface area (TPSA) is 75.7 Å². The Morgan fingerprint density at radius 3 is 2.34 bits per heavy atom. The molecule has 7 heteroatoms. The van der Waals surface area contributed by atoms with Crippen molar-refractivity contribution in [1.82, 2.24) is 0 Å². The first-order valence-electron chi connectivity index (χ1n) is 13.4. The van der Waals surface area contributed by atoms with E-state index < -0.39 is 23.4 Å². The Labute approximate surface area is 242 Å². The third-order valence-electron chi connectivity index (χ3n) is 8.58. The van der Waals surface area contributed by atoms with Gasteiger partial charge in [-0.25, -0.2) is 0 Å². The van der Waals surface area contributed by atoms with Gasteiger partial charge in [0.2, 0.25) is 5.91 Å². The first-order valence-corrected chi connectivity index (χ1v) is 13.8. The Morgan fingerprint density at radius 1 is 0.878 bits per heavy atom. The molecule has 1 spiro atoms. The van der Waals surface area contributed by atoms with Crippen LogP contribution >= 0.6 is 11.6 Å². The minimum Gasteiger partial charge on any atom is -0.497 e. The van der Waals surface area contributed by atoms with Gasteiger partial charge in [-0.05, 0) is 59.7 Å². The van der Waals surface area contributed by atoms with Crippen molar-refractivity contribution in [1.29, 1.82) is 0 Å². The van der Waals surface area contributed by atoms with Crippen molar-refractivity contribution in [3.05, 3.63) is 130 Å². The fourth-order valence-corrected chi connectivity index (χ4v) is 7.04. The average molecular weight is 561 g/mol. The number of hydrogen-bond donors (Lipinski definition) is 1. The predicted molar refractivity (Wildman–Crippen MR) is 159 cm³/mol. The Balaban J connectivity index is 1.52. The highest BCUT2D eigenvalue weighted by molar-refractivity contribution is 6.31. The quantitative estimate of drug-likeness (QED) is 0.294. The normalized spacial score (nSPS) is 23.5. The third-order valence-corrected chi connectivity index (χ3v) is 8.81. The molecule has 0 bridgehead atoms. The van der Waals surface area contributed by atoms with Gasteiger partial charge in [0.25, 0.3) is 0 Å². The summed E-state index contributed by atoms with van der Waals surface area (Å²) in [5.41, 5.74) is 2.43. The molecule has 6 nitrogen and oxygen atoms in total. The van der Waals surface area contributed by atoms with Gasteiger partial charge in [0.05, 0.1) is 19.1 Å². The minimum atomic E-state index is -1.36. The number of para-hydroxylation sites is 1. The van der Waals surface area contributed by atoms with E-state index >= 15 is 0 Å². The largest absolute Gasteiger partial charge is 0.497 e. The SMILES string of the molecule is COc1ccc(C(=O)C2C(C(=O)c3ccccc3)N3c4ccc(Cl)cc4C=CC3C23C(=O)Nc2ccccc23)cc1. The maximum absolute atomic E-state index is 14.8. The lowest BCUT2D eigenvalue weighted by atomic mass is 9.64. The number of ether oxygens (including phenoxy) is 1. The lowest BCUT2D eigenvalue weighted by Crippen LogP contribution is -2.51. The lowest BCUT2D eigenvalue weighted by Gasteiger charge is -2.37. The number of nitrogens with one attached hydrogen (secondary N) is 1. The molecule has 4 aromatic rings. The van der Waals surface area contributed by atoms with Crippen LogP contribution in [0.5, 0.6) is 5.75 Å². The molecular weight excluding hydrogens is 536 g/mol. The number of carbonyl (C=O) groups is 3. The summed E-state index contributed by atoms with van der Waals surface area (Å²) in [6.07, 6.45) is 3.87. The highest BCUT2D eigenvalue weighted by Gasteiger charge is 2.70. The number of benzene rings is 4. The Bertz CT molecular complexity index is 1750. The summed E-state index contributed by atoms with van der Waals surface area (Å²) >= 11 is 6.36. The molecule has 1 N–H and O–H groups in total. The summed E-state index contributed by atoms with van der Waals surface area (Å²) in [5.74, 6) is -1.25. The summed E-state index contributed by atoms with van der Waals surface area (Å²) < 4.78 is 5.32. The van der Waals surface area contributed by atoms with Crippen molar-refractivity contribution in [2.75, 3.05) is 17.3 Å². The van der Waals surface area contributed by atoms with Gasteiger partial charge in [0.15, 0.2) is 11.6 Å². The van der Waals surface area contributed by atoms with E-state index in [1.54, 1.807) is 61.7 Å². The van der Waals surface area contributed by atoms with Crippen LogP contribution < -0.4 is 15.0 Å². The zero-order valence-corrected chi connectivity index (χ0v) is 22.8. The highest BCUT2D eigenvalue weighted by atomic mass is 35.5. The molecule has 1 saturated heterocycles. The minimum absolute atomic E-state index is 0.229. The maximum atomic E-state index is 14.8. The smallest absolute Gasteiger partial charge is 0.238 e. The van der Waals surface area contributed by atoms with Crippen molar-refractivity contribution in [2.45, 2.75) is 17.5 Å². The number of fused-ring (bicyclic) bond motifs is 6. The van der Waals surface area contributed by atoms with Crippen LogP contribution in [0.3, 0.4) is 0 Å². The number of rotatable bonds is 5. The molecule has 3 aliphatic rings. The summed E-state index contributed by atoms with van der Waals surface area (Å²) in [4.78, 5) is 45.7. The highest BCUT2D eigenvalue weighted by Crippen LogP contribution is 2.58. The van der Waals surface area contributed by atoms with Gasteiger partial charge in [0.1, 0.15) is 17.2 Å². The summed E-state index contributed by atoms with van der Waals surface area (Å²) in [6.45, 7) is 0. The van der Waals surface area contributed by atoms with Crippen molar-refractivity contribution in [3.63, 3.8) is 0 Å². The Kier molecular flexibility index (Phi) is 5.84. The van der Waals surface area contributed by atoms with Crippen LogP contribution in [0.4, 0.5) is 11.4 Å². The number of hydrogen-bond acceptors (Lipinski definition) is 5. The van der Waals surface area contributed by atoms with Crippen LogP contribution in [0.15, 0.2) is 103 Å². The van der Waals surface area contributed by atoms with E-state index in [1.807, 2.05) is 59.5 Å². The van der Waals surface area contributed by atoms with E-state index in [2.05, 4.69) is 5.32 Å². The second-order valence-electron chi connectivity index (χ2n) is 10.5. The van der Waals surface area contributed by atoms with E-state index in [1.165, 1.54) is 0 Å². The molecule has 202 valence electrons.